The van der Waals surface area contributed by atoms with E-state index in [1.807, 2.05) is 36.4 Å². The van der Waals surface area contributed by atoms with Crippen molar-refractivity contribution in [3.8, 4) is 11.5 Å². The molecule has 6 heteroatoms. The molecule has 1 N–H and O–H groups in total. The Labute approximate surface area is 168 Å². The van der Waals surface area contributed by atoms with E-state index in [1.165, 1.54) is 13.2 Å². The van der Waals surface area contributed by atoms with Crippen LogP contribution in [0.25, 0.3) is 16.8 Å². The lowest BCUT2D eigenvalue weighted by Crippen LogP contribution is -2.20. The number of esters is 1. The van der Waals surface area contributed by atoms with Crippen molar-refractivity contribution in [2.45, 2.75) is 0 Å². The highest BCUT2D eigenvalue weighted by molar-refractivity contribution is 6.03. The molecule has 0 spiro atoms. The molecule has 0 bridgehead atoms. The summed E-state index contributed by atoms with van der Waals surface area (Å²) in [5.74, 6) is 0.122. The van der Waals surface area contributed by atoms with Gasteiger partial charge in [0.2, 0.25) is 0 Å². The fourth-order valence-corrected chi connectivity index (χ4v) is 2.83. The normalized spacial score (nSPS) is 10.7. The van der Waals surface area contributed by atoms with Crippen molar-refractivity contribution in [3.63, 3.8) is 0 Å². The topological polar surface area (TPSA) is 73.9 Å². The first kappa shape index (κ1) is 19.9. The van der Waals surface area contributed by atoms with Crippen molar-refractivity contribution in [3.05, 3.63) is 72.3 Å². The highest BCUT2D eigenvalue weighted by Gasteiger charge is 2.08. The molecule has 0 unspecified atom stereocenters. The maximum atomic E-state index is 12.1. The molecule has 0 atom stereocenters. The maximum absolute atomic E-state index is 12.1. The summed E-state index contributed by atoms with van der Waals surface area (Å²) in [5, 5.41) is 4.70. The van der Waals surface area contributed by atoms with E-state index in [-0.39, 0.29) is 6.61 Å². The van der Waals surface area contributed by atoms with Gasteiger partial charge in [-0.3, -0.25) is 4.79 Å². The van der Waals surface area contributed by atoms with Crippen LogP contribution in [0.1, 0.15) is 5.56 Å². The highest BCUT2D eigenvalue weighted by Crippen LogP contribution is 2.28. The molecule has 0 fully saturated rings. The van der Waals surface area contributed by atoms with Crippen molar-refractivity contribution in [1.82, 2.24) is 0 Å². The van der Waals surface area contributed by atoms with E-state index in [4.69, 9.17) is 14.2 Å². The predicted molar refractivity (Wildman–Crippen MR) is 112 cm³/mol. The molecule has 3 aromatic carbocycles. The molecule has 0 saturated heterocycles. The molecule has 3 rings (SSSR count). The van der Waals surface area contributed by atoms with Crippen LogP contribution in [-0.4, -0.2) is 32.7 Å². The number of hydrogen-bond donors (Lipinski definition) is 1. The molecule has 0 saturated carbocycles. The minimum absolute atomic E-state index is 0.377. The fraction of sp³-hybridized carbons (Fsp3) is 0.130. The molecule has 1 amide bonds. The molecule has 0 aliphatic rings. The first-order valence-corrected chi connectivity index (χ1v) is 8.95. The Bertz CT molecular complexity index is 1050. The largest absolute Gasteiger partial charge is 0.493 e. The minimum Gasteiger partial charge on any atom is -0.493 e. The van der Waals surface area contributed by atoms with Crippen LogP contribution < -0.4 is 14.8 Å². The summed E-state index contributed by atoms with van der Waals surface area (Å²) in [6.07, 6.45) is 2.83. The van der Waals surface area contributed by atoms with Gasteiger partial charge >= 0.3 is 5.97 Å². The van der Waals surface area contributed by atoms with Gasteiger partial charge in [-0.05, 0) is 35.2 Å². The monoisotopic (exact) mass is 391 g/mol. The Morgan fingerprint density at radius 2 is 1.69 bits per heavy atom. The summed E-state index contributed by atoms with van der Waals surface area (Å²) in [5.41, 5.74) is 1.41. The number of amides is 1. The maximum Gasteiger partial charge on any atom is 0.331 e. The van der Waals surface area contributed by atoms with Crippen LogP contribution in [0.4, 0.5) is 5.69 Å². The summed E-state index contributed by atoms with van der Waals surface area (Å²) in [4.78, 5) is 24.1. The first-order chi connectivity index (χ1) is 14.1. The van der Waals surface area contributed by atoms with E-state index in [0.29, 0.717) is 17.2 Å². The Kier molecular flexibility index (Phi) is 6.47. The Hall–Kier alpha value is -3.80. The highest BCUT2D eigenvalue weighted by atomic mass is 16.5. The number of methoxy groups -OCH3 is 2. The third-order valence-corrected chi connectivity index (χ3v) is 4.23. The van der Waals surface area contributed by atoms with Gasteiger partial charge < -0.3 is 19.5 Å². The third kappa shape index (κ3) is 5.13. The molecule has 0 aromatic heterocycles. The number of anilines is 1. The van der Waals surface area contributed by atoms with Gasteiger partial charge in [0, 0.05) is 17.1 Å². The summed E-state index contributed by atoms with van der Waals surface area (Å²) in [6, 6.07) is 18.6. The molecule has 0 aliphatic heterocycles. The molecule has 3 aromatic rings. The van der Waals surface area contributed by atoms with Gasteiger partial charge in [0.25, 0.3) is 5.91 Å². The van der Waals surface area contributed by atoms with Crippen LogP contribution in [0.3, 0.4) is 0 Å². The van der Waals surface area contributed by atoms with Gasteiger partial charge in [-0.15, -0.1) is 0 Å². The molecule has 148 valence electrons. The van der Waals surface area contributed by atoms with E-state index in [9.17, 15) is 9.59 Å². The second-order valence-electron chi connectivity index (χ2n) is 6.13. The number of nitrogens with one attached hydrogen (secondary N) is 1. The van der Waals surface area contributed by atoms with Crippen LogP contribution in [0.2, 0.25) is 0 Å². The van der Waals surface area contributed by atoms with Crippen LogP contribution >= 0.6 is 0 Å². The first-order valence-electron chi connectivity index (χ1n) is 8.95. The standard InChI is InChI=1S/C23H21NO5/c1-27-20-12-10-16(14-21(20)28-2)11-13-23(26)29-15-22(25)24-19-9-5-7-17-6-3-4-8-18(17)19/h3-14H,15H2,1-2H3,(H,24,25)/b13-11+. The van der Waals surface area contributed by atoms with E-state index in [1.54, 1.807) is 37.5 Å². The second kappa shape index (κ2) is 9.41. The van der Waals surface area contributed by atoms with Crippen LogP contribution in [0, 0.1) is 0 Å². The quantitative estimate of drug-likeness (QED) is 0.486. The zero-order valence-electron chi connectivity index (χ0n) is 16.2. The SMILES string of the molecule is COc1ccc(/C=C/C(=O)OCC(=O)Nc2cccc3ccccc23)cc1OC. The lowest BCUT2D eigenvalue weighted by Gasteiger charge is -2.09. The molecule has 29 heavy (non-hydrogen) atoms. The number of hydrogen-bond acceptors (Lipinski definition) is 5. The average Bonchev–Trinajstić information content (AvgIpc) is 2.76. The summed E-state index contributed by atoms with van der Waals surface area (Å²) in [7, 11) is 3.09. The summed E-state index contributed by atoms with van der Waals surface area (Å²) in [6.45, 7) is -0.377. The lowest BCUT2D eigenvalue weighted by molar-refractivity contribution is -0.142. The number of carbonyl (C=O) groups excluding carboxylic acids is 2. The van der Waals surface area contributed by atoms with E-state index < -0.39 is 11.9 Å². The molecule has 0 radical (unpaired) electrons. The lowest BCUT2D eigenvalue weighted by atomic mass is 10.1. The Morgan fingerprint density at radius 1 is 0.931 bits per heavy atom. The Morgan fingerprint density at radius 3 is 2.48 bits per heavy atom. The van der Waals surface area contributed by atoms with Gasteiger partial charge in [-0.1, -0.05) is 42.5 Å². The van der Waals surface area contributed by atoms with Crippen LogP contribution in [0.15, 0.2) is 66.7 Å². The number of fused-ring (bicyclic) bond motifs is 1. The van der Waals surface area contributed by atoms with Crippen LogP contribution in [-0.2, 0) is 14.3 Å². The van der Waals surface area contributed by atoms with Crippen LogP contribution in [0.5, 0.6) is 11.5 Å². The van der Waals surface area contributed by atoms with E-state index >= 15 is 0 Å². The second-order valence-corrected chi connectivity index (χ2v) is 6.13. The molecule has 0 aliphatic carbocycles. The van der Waals surface area contributed by atoms with Crippen molar-refractivity contribution >= 4 is 34.4 Å². The summed E-state index contributed by atoms with van der Waals surface area (Å²) < 4.78 is 15.4. The van der Waals surface area contributed by atoms with Gasteiger partial charge in [0.05, 0.1) is 14.2 Å². The number of rotatable bonds is 7. The zero-order chi connectivity index (χ0) is 20.6. The smallest absolute Gasteiger partial charge is 0.331 e. The third-order valence-electron chi connectivity index (χ3n) is 4.23. The van der Waals surface area contributed by atoms with Crippen molar-refractivity contribution in [2.75, 3.05) is 26.1 Å². The average molecular weight is 391 g/mol. The minimum atomic E-state index is -0.618. The van der Waals surface area contributed by atoms with E-state index in [0.717, 1.165) is 16.3 Å². The molecule has 6 nitrogen and oxygen atoms in total. The van der Waals surface area contributed by atoms with Crippen molar-refractivity contribution in [1.29, 1.82) is 0 Å². The molecular formula is C23H21NO5. The number of benzene rings is 3. The van der Waals surface area contributed by atoms with Crippen molar-refractivity contribution in [2.24, 2.45) is 0 Å². The molecular weight excluding hydrogens is 370 g/mol. The Balaban J connectivity index is 1.56. The summed E-state index contributed by atoms with van der Waals surface area (Å²) >= 11 is 0. The van der Waals surface area contributed by atoms with Crippen molar-refractivity contribution < 1.29 is 23.8 Å². The predicted octanol–water partition coefficient (Wildman–Crippen LogP) is 4.05. The number of ether oxygens (including phenoxy) is 3. The fourth-order valence-electron chi connectivity index (χ4n) is 2.83. The van der Waals surface area contributed by atoms with Gasteiger partial charge in [0.15, 0.2) is 18.1 Å². The van der Waals surface area contributed by atoms with Gasteiger partial charge in [-0.25, -0.2) is 4.79 Å². The van der Waals surface area contributed by atoms with Gasteiger partial charge in [0.1, 0.15) is 0 Å². The zero-order valence-corrected chi connectivity index (χ0v) is 16.2. The molecule has 0 heterocycles. The van der Waals surface area contributed by atoms with E-state index in [2.05, 4.69) is 5.32 Å². The number of carbonyl (C=O) groups is 2. The van der Waals surface area contributed by atoms with Gasteiger partial charge in [-0.2, -0.15) is 0 Å².